The van der Waals surface area contributed by atoms with Gasteiger partial charge in [-0.3, -0.25) is 4.79 Å². The van der Waals surface area contributed by atoms with Crippen LogP contribution in [0.3, 0.4) is 0 Å². The van der Waals surface area contributed by atoms with E-state index >= 15 is 0 Å². The lowest BCUT2D eigenvalue weighted by atomic mass is 9.60. The summed E-state index contributed by atoms with van der Waals surface area (Å²) >= 11 is 0. The quantitative estimate of drug-likeness (QED) is 0.450. The number of ketones is 1. The van der Waals surface area contributed by atoms with Crippen molar-refractivity contribution >= 4 is 11.8 Å². The predicted octanol–water partition coefficient (Wildman–Crippen LogP) is 3.31. The Labute approximate surface area is 217 Å². The van der Waals surface area contributed by atoms with Crippen molar-refractivity contribution in [1.29, 1.82) is 0 Å². The summed E-state index contributed by atoms with van der Waals surface area (Å²) in [5.74, 6) is -1.53. The fourth-order valence-corrected chi connectivity index (χ4v) is 6.75. The second-order valence-electron chi connectivity index (χ2n) is 12.4. The molecule has 9 heteroatoms. The monoisotopic (exact) mass is 514 g/mol. The first kappa shape index (κ1) is 26.3. The highest BCUT2D eigenvalue weighted by Crippen LogP contribution is 2.62. The molecule has 5 rings (SSSR count). The van der Waals surface area contributed by atoms with E-state index in [4.69, 9.17) is 24.5 Å². The van der Waals surface area contributed by atoms with Gasteiger partial charge >= 0.3 is 5.97 Å². The van der Waals surface area contributed by atoms with Crippen molar-refractivity contribution in [3.05, 3.63) is 40.3 Å². The average molecular weight is 515 g/mol. The van der Waals surface area contributed by atoms with Crippen LogP contribution in [0.2, 0.25) is 0 Å². The Bertz CT molecular complexity index is 1240. The number of aliphatic hydroxyl groups is 1. The maximum atomic E-state index is 14.7. The molecule has 1 aliphatic heterocycles. The van der Waals surface area contributed by atoms with Crippen molar-refractivity contribution < 1.29 is 33.4 Å². The van der Waals surface area contributed by atoms with Crippen molar-refractivity contribution in [3.8, 4) is 0 Å². The highest BCUT2D eigenvalue weighted by atomic mass is 16.7. The van der Waals surface area contributed by atoms with Gasteiger partial charge in [0, 0.05) is 5.56 Å². The van der Waals surface area contributed by atoms with Crippen LogP contribution in [0, 0.1) is 30.6 Å². The highest BCUT2D eigenvalue weighted by Gasteiger charge is 2.75. The molecule has 9 nitrogen and oxygen atoms in total. The Morgan fingerprint density at radius 3 is 2.49 bits per heavy atom. The fraction of sp³-hybridized carbons (Fsp3) is 0.679. The van der Waals surface area contributed by atoms with Crippen LogP contribution in [0.1, 0.15) is 76.2 Å². The molecule has 2 fully saturated rings. The SMILES string of the molecule is CC1=CC23CCC(C)C(C)(C)C(N)(C=C4COC(C)(C)OC4C2(O)C1OC(=O)c1noc(C)c1C)C3=O. The van der Waals surface area contributed by atoms with Gasteiger partial charge < -0.3 is 29.6 Å². The molecule has 1 aromatic rings. The zero-order chi connectivity index (χ0) is 27.3. The minimum absolute atomic E-state index is 0.0302. The predicted molar refractivity (Wildman–Crippen MR) is 133 cm³/mol. The number of rotatable bonds is 2. The third-order valence-electron chi connectivity index (χ3n) is 9.77. The maximum absolute atomic E-state index is 14.7. The number of hydrogen-bond acceptors (Lipinski definition) is 9. The van der Waals surface area contributed by atoms with E-state index in [1.807, 2.05) is 13.8 Å². The number of aromatic nitrogens is 1. The van der Waals surface area contributed by atoms with Gasteiger partial charge in [-0.25, -0.2) is 4.79 Å². The van der Waals surface area contributed by atoms with Gasteiger partial charge in [0.25, 0.3) is 0 Å². The van der Waals surface area contributed by atoms with Gasteiger partial charge in [-0.1, -0.05) is 38.1 Å². The largest absolute Gasteiger partial charge is 0.450 e. The van der Waals surface area contributed by atoms with Gasteiger partial charge in [0.15, 0.2) is 29.0 Å². The summed E-state index contributed by atoms with van der Waals surface area (Å²) < 4.78 is 23.5. The molecule has 1 saturated heterocycles. The molecule has 3 N–H and O–H groups in total. The first-order valence-corrected chi connectivity index (χ1v) is 12.9. The van der Waals surface area contributed by atoms with E-state index in [0.717, 1.165) is 0 Å². The molecule has 202 valence electrons. The number of carbonyl (C=O) groups excluding carboxylic acids is 2. The molecule has 37 heavy (non-hydrogen) atoms. The Kier molecular flexibility index (Phi) is 5.57. The van der Waals surface area contributed by atoms with Crippen LogP contribution in [0.5, 0.6) is 0 Å². The number of carbonyl (C=O) groups is 2. The van der Waals surface area contributed by atoms with Crippen LogP contribution in [0.25, 0.3) is 0 Å². The second kappa shape index (κ2) is 7.85. The summed E-state index contributed by atoms with van der Waals surface area (Å²) in [7, 11) is 0. The number of aryl methyl sites for hydroxylation is 1. The highest BCUT2D eigenvalue weighted by molar-refractivity contribution is 6.01. The van der Waals surface area contributed by atoms with Gasteiger partial charge in [0.2, 0.25) is 0 Å². The van der Waals surface area contributed by atoms with Gasteiger partial charge in [-0.05, 0) is 69.9 Å². The molecule has 6 atom stereocenters. The number of Topliss-reactive ketones (excluding diaryl/α,β-unsaturated/α-hetero) is 1. The first-order chi connectivity index (χ1) is 17.0. The standard InChI is InChI=1S/C28H38N2O7/c1-14-11-26-10-9-15(2)24(5,6)27(29,23(26)32)12-18-13-34-25(7,8)36-21(18)28(26,33)20(14)35-22(31)19-16(3)17(4)37-30-19/h11-12,15,20-21,33H,9-10,13,29H2,1-8H3. The topological polar surface area (TPSA) is 134 Å². The third-order valence-corrected chi connectivity index (χ3v) is 9.77. The van der Waals surface area contributed by atoms with E-state index < -0.39 is 45.9 Å². The van der Waals surface area contributed by atoms with E-state index in [1.165, 1.54) is 0 Å². The lowest BCUT2D eigenvalue weighted by Crippen LogP contribution is -2.69. The van der Waals surface area contributed by atoms with E-state index in [1.54, 1.807) is 46.8 Å². The first-order valence-electron chi connectivity index (χ1n) is 12.9. The van der Waals surface area contributed by atoms with E-state index in [9.17, 15) is 14.7 Å². The normalized spacial score (nSPS) is 40.1. The summed E-state index contributed by atoms with van der Waals surface area (Å²) in [6.07, 6.45) is 2.32. The van der Waals surface area contributed by atoms with Crippen molar-refractivity contribution in [3.63, 3.8) is 0 Å². The molecule has 4 aliphatic rings. The molecule has 3 aliphatic carbocycles. The van der Waals surface area contributed by atoms with Gasteiger partial charge in [-0.2, -0.15) is 0 Å². The lowest BCUT2D eigenvalue weighted by Gasteiger charge is -2.51. The van der Waals surface area contributed by atoms with Crippen LogP contribution < -0.4 is 5.73 Å². The average Bonchev–Trinajstić information content (AvgIpc) is 3.23. The number of fused-ring (bicyclic) bond motifs is 3. The fourth-order valence-electron chi connectivity index (χ4n) is 6.75. The summed E-state index contributed by atoms with van der Waals surface area (Å²) in [6, 6.07) is 0. The number of nitrogens with two attached hydrogens (primary N) is 1. The number of ether oxygens (including phenoxy) is 3. The van der Waals surface area contributed by atoms with Gasteiger partial charge in [0.1, 0.15) is 17.4 Å². The lowest BCUT2D eigenvalue weighted by molar-refractivity contribution is -0.300. The molecular formula is C28H38N2O7. The molecular weight excluding hydrogens is 476 g/mol. The number of hydrogen-bond donors (Lipinski definition) is 2. The minimum Gasteiger partial charge on any atom is -0.450 e. The third kappa shape index (κ3) is 3.27. The van der Waals surface area contributed by atoms with Gasteiger partial charge in [0.05, 0.1) is 12.0 Å². The summed E-state index contributed by atoms with van der Waals surface area (Å²) in [6.45, 7) is 14.9. The van der Waals surface area contributed by atoms with Crippen molar-refractivity contribution in [2.45, 2.75) is 97.4 Å². The Morgan fingerprint density at radius 2 is 1.86 bits per heavy atom. The zero-order valence-electron chi connectivity index (χ0n) is 22.9. The number of esters is 1. The van der Waals surface area contributed by atoms with E-state index in [-0.39, 0.29) is 24.0 Å². The van der Waals surface area contributed by atoms with Crippen LogP contribution in [-0.4, -0.2) is 57.8 Å². The van der Waals surface area contributed by atoms with Crippen LogP contribution in [-0.2, 0) is 19.0 Å². The Morgan fingerprint density at radius 1 is 1.19 bits per heavy atom. The summed E-state index contributed by atoms with van der Waals surface area (Å²) in [5, 5.41) is 16.8. The molecule has 2 bridgehead atoms. The van der Waals surface area contributed by atoms with Crippen molar-refractivity contribution in [2.75, 3.05) is 6.61 Å². The van der Waals surface area contributed by atoms with Crippen LogP contribution in [0.15, 0.2) is 27.8 Å². The Hall–Kier alpha value is -2.33. The molecule has 2 heterocycles. The molecule has 0 radical (unpaired) electrons. The molecule has 1 saturated carbocycles. The van der Waals surface area contributed by atoms with Crippen molar-refractivity contribution in [2.24, 2.45) is 22.5 Å². The second-order valence-corrected chi connectivity index (χ2v) is 12.4. The summed E-state index contributed by atoms with van der Waals surface area (Å²) in [4.78, 5) is 28.0. The maximum Gasteiger partial charge on any atom is 0.361 e. The molecule has 1 aromatic heterocycles. The smallest absolute Gasteiger partial charge is 0.361 e. The molecule has 6 unspecified atom stereocenters. The van der Waals surface area contributed by atoms with Crippen LogP contribution in [0.4, 0.5) is 0 Å². The zero-order valence-corrected chi connectivity index (χ0v) is 22.9. The van der Waals surface area contributed by atoms with E-state index in [2.05, 4.69) is 12.1 Å². The number of nitrogens with zero attached hydrogens (tertiary/aromatic N) is 1. The molecule has 0 aromatic carbocycles. The van der Waals surface area contributed by atoms with E-state index in [0.29, 0.717) is 35.3 Å². The summed E-state index contributed by atoms with van der Waals surface area (Å²) in [5.41, 5.74) is 3.37. The minimum atomic E-state index is -1.95. The molecule has 0 amide bonds. The molecule has 1 spiro atoms. The van der Waals surface area contributed by atoms with Gasteiger partial charge in [-0.15, -0.1) is 0 Å². The Balaban J connectivity index is 1.72. The van der Waals surface area contributed by atoms with Crippen LogP contribution >= 0.6 is 0 Å². The van der Waals surface area contributed by atoms with Crippen molar-refractivity contribution in [1.82, 2.24) is 5.16 Å².